The summed E-state index contributed by atoms with van der Waals surface area (Å²) in [6, 6.07) is 3.82. The Balaban J connectivity index is 0.00000196. The van der Waals surface area contributed by atoms with Gasteiger partial charge in [0.25, 0.3) is 0 Å². The maximum absolute atomic E-state index is 9.74. The smallest absolute Gasteiger partial charge is 0.0772 e. The monoisotopic (exact) mass is 227 g/mol. The van der Waals surface area contributed by atoms with Gasteiger partial charge in [-0.05, 0) is 23.1 Å². The summed E-state index contributed by atoms with van der Waals surface area (Å²) in [6.45, 7) is 6.03. The number of hydrogen-bond donors (Lipinski definition) is 1. The molecule has 0 spiro atoms. The fourth-order valence-electron chi connectivity index (χ4n) is 0.965. The van der Waals surface area contributed by atoms with Crippen LogP contribution >= 0.6 is 12.4 Å². The molecule has 0 saturated carbocycles. The van der Waals surface area contributed by atoms with Crippen molar-refractivity contribution in [2.75, 3.05) is 0 Å². The molecule has 0 aliphatic heterocycles. The van der Waals surface area contributed by atoms with Gasteiger partial charge in [0.05, 0.1) is 6.10 Å². The van der Waals surface area contributed by atoms with Crippen LogP contribution in [0.25, 0.3) is 6.08 Å². The fraction of sp³-hybridized carbons (Fsp3) is 0.417. The number of rotatable bonds is 2. The van der Waals surface area contributed by atoms with Crippen molar-refractivity contribution >= 4 is 18.5 Å². The second-order valence-corrected chi connectivity index (χ2v) is 4.45. The van der Waals surface area contributed by atoms with Crippen LogP contribution in [0.4, 0.5) is 0 Å². The number of aliphatic hydroxyl groups excluding tert-OH is 1. The van der Waals surface area contributed by atoms with Crippen LogP contribution in [-0.2, 0) is 0 Å². The predicted octanol–water partition coefficient (Wildman–Crippen LogP) is 2.92. The van der Waals surface area contributed by atoms with Gasteiger partial charge < -0.3 is 5.11 Å². The third-order valence-corrected chi connectivity index (χ3v) is 2.06. The molecule has 84 valence electrons. The first-order valence-electron chi connectivity index (χ1n) is 4.76. The van der Waals surface area contributed by atoms with Crippen molar-refractivity contribution in [2.24, 2.45) is 5.41 Å². The van der Waals surface area contributed by atoms with Crippen molar-refractivity contribution in [3.8, 4) is 0 Å². The first-order chi connectivity index (χ1) is 6.50. The van der Waals surface area contributed by atoms with E-state index in [2.05, 4.69) is 4.98 Å². The Morgan fingerprint density at radius 2 is 1.80 bits per heavy atom. The minimum absolute atomic E-state index is 0. The highest BCUT2D eigenvalue weighted by Gasteiger charge is 2.18. The van der Waals surface area contributed by atoms with E-state index in [1.807, 2.05) is 45.1 Å². The molecule has 1 rings (SSSR count). The Hall–Kier alpha value is -0.860. The summed E-state index contributed by atoms with van der Waals surface area (Å²) in [6.07, 6.45) is 6.79. The number of nitrogens with zero attached hydrogens (tertiary/aromatic N) is 1. The molecule has 3 heteroatoms. The molecule has 0 fully saturated rings. The third kappa shape index (κ3) is 4.96. The van der Waals surface area contributed by atoms with Crippen molar-refractivity contribution in [3.05, 3.63) is 36.2 Å². The van der Waals surface area contributed by atoms with E-state index in [1.54, 1.807) is 12.4 Å². The molecule has 1 unspecified atom stereocenters. The number of aliphatic hydroxyl groups is 1. The van der Waals surface area contributed by atoms with E-state index in [0.29, 0.717) is 0 Å². The van der Waals surface area contributed by atoms with Gasteiger partial charge in [-0.15, -0.1) is 12.4 Å². The van der Waals surface area contributed by atoms with E-state index < -0.39 is 6.10 Å². The second-order valence-electron chi connectivity index (χ2n) is 4.45. The maximum Gasteiger partial charge on any atom is 0.0772 e. The van der Waals surface area contributed by atoms with E-state index in [9.17, 15) is 5.11 Å². The molecule has 1 heterocycles. The molecule has 1 atom stereocenters. The minimum atomic E-state index is -0.421. The SMILES string of the molecule is CC(C)(C)C(O)/C=C/c1ccncc1.Cl. The summed E-state index contributed by atoms with van der Waals surface area (Å²) in [7, 11) is 0. The van der Waals surface area contributed by atoms with Gasteiger partial charge in [-0.25, -0.2) is 0 Å². The van der Waals surface area contributed by atoms with Crippen molar-refractivity contribution in [2.45, 2.75) is 26.9 Å². The van der Waals surface area contributed by atoms with Gasteiger partial charge in [0.1, 0.15) is 0 Å². The third-order valence-electron chi connectivity index (χ3n) is 2.06. The summed E-state index contributed by atoms with van der Waals surface area (Å²) in [5.74, 6) is 0. The van der Waals surface area contributed by atoms with Crippen LogP contribution in [-0.4, -0.2) is 16.2 Å². The molecule has 1 aromatic rings. The zero-order valence-electron chi connectivity index (χ0n) is 9.34. The maximum atomic E-state index is 9.74. The van der Waals surface area contributed by atoms with Gasteiger partial charge in [0.2, 0.25) is 0 Å². The lowest BCUT2D eigenvalue weighted by Crippen LogP contribution is -2.23. The van der Waals surface area contributed by atoms with Crippen molar-refractivity contribution in [1.29, 1.82) is 0 Å². The molecule has 1 aromatic heterocycles. The highest BCUT2D eigenvalue weighted by atomic mass is 35.5. The van der Waals surface area contributed by atoms with Gasteiger partial charge >= 0.3 is 0 Å². The summed E-state index contributed by atoms with van der Waals surface area (Å²) in [5.41, 5.74) is 0.951. The highest BCUT2D eigenvalue weighted by Crippen LogP contribution is 2.20. The molecule has 0 radical (unpaired) electrons. The van der Waals surface area contributed by atoms with Gasteiger partial charge in [-0.3, -0.25) is 4.98 Å². The largest absolute Gasteiger partial charge is 0.388 e. The molecule has 0 aliphatic rings. The zero-order valence-corrected chi connectivity index (χ0v) is 10.2. The Morgan fingerprint density at radius 3 is 2.27 bits per heavy atom. The predicted molar refractivity (Wildman–Crippen MR) is 66.0 cm³/mol. The summed E-state index contributed by atoms with van der Waals surface area (Å²) in [5, 5.41) is 9.74. The highest BCUT2D eigenvalue weighted by molar-refractivity contribution is 5.85. The summed E-state index contributed by atoms with van der Waals surface area (Å²) < 4.78 is 0. The lowest BCUT2D eigenvalue weighted by molar-refractivity contribution is 0.106. The quantitative estimate of drug-likeness (QED) is 0.843. The fourth-order valence-corrected chi connectivity index (χ4v) is 0.965. The van der Waals surface area contributed by atoms with E-state index in [0.717, 1.165) is 5.56 Å². The van der Waals surface area contributed by atoms with Crippen molar-refractivity contribution in [3.63, 3.8) is 0 Å². The molecule has 0 bridgehead atoms. The van der Waals surface area contributed by atoms with Crippen LogP contribution < -0.4 is 0 Å². The van der Waals surface area contributed by atoms with E-state index >= 15 is 0 Å². The van der Waals surface area contributed by atoms with Gasteiger partial charge in [0, 0.05) is 12.4 Å². The first-order valence-corrected chi connectivity index (χ1v) is 4.76. The summed E-state index contributed by atoms with van der Waals surface area (Å²) >= 11 is 0. The summed E-state index contributed by atoms with van der Waals surface area (Å²) in [4.78, 5) is 3.92. The van der Waals surface area contributed by atoms with Crippen LogP contribution in [0.5, 0.6) is 0 Å². The minimum Gasteiger partial charge on any atom is -0.388 e. The first kappa shape index (κ1) is 14.1. The molecule has 0 aromatic carbocycles. The Labute approximate surface area is 97.5 Å². The van der Waals surface area contributed by atoms with Crippen molar-refractivity contribution in [1.82, 2.24) is 4.98 Å². The average molecular weight is 228 g/mol. The molecule has 0 saturated heterocycles. The van der Waals surface area contributed by atoms with E-state index in [-0.39, 0.29) is 17.8 Å². The van der Waals surface area contributed by atoms with Crippen LogP contribution in [0.1, 0.15) is 26.3 Å². The average Bonchev–Trinajstić information content (AvgIpc) is 2.14. The normalized spacial score (nSPS) is 13.6. The van der Waals surface area contributed by atoms with Gasteiger partial charge in [0.15, 0.2) is 0 Å². The molecular weight excluding hydrogens is 210 g/mol. The molecule has 2 nitrogen and oxygen atoms in total. The molecule has 15 heavy (non-hydrogen) atoms. The number of hydrogen-bond acceptors (Lipinski definition) is 2. The Bertz CT molecular complexity index is 303. The Morgan fingerprint density at radius 1 is 1.27 bits per heavy atom. The van der Waals surface area contributed by atoms with Crippen LogP contribution in [0.3, 0.4) is 0 Å². The molecule has 1 N–H and O–H groups in total. The second kappa shape index (κ2) is 5.89. The van der Waals surface area contributed by atoms with Gasteiger partial charge in [-0.2, -0.15) is 0 Å². The van der Waals surface area contributed by atoms with E-state index in [4.69, 9.17) is 0 Å². The number of halogens is 1. The van der Waals surface area contributed by atoms with E-state index in [1.165, 1.54) is 0 Å². The Kier molecular flexibility index (Phi) is 5.55. The van der Waals surface area contributed by atoms with Crippen LogP contribution in [0.15, 0.2) is 30.6 Å². The number of pyridine rings is 1. The topological polar surface area (TPSA) is 33.1 Å². The van der Waals surface area contributed by atoms with Crippen LogP contribution in [0.2, 0.25) is 0 Å². The van der Waals surface area contributed by atoms with Gasteiger partial charge in [-0.1, -0.05) is 32.9 Å². The van der Waals surface area contributed by atoms with Crippen LogP contribution in [0, 0.1) is 5.41 Å². The molecule has 0 aliphatic carbocycles. The standard InChI is InChI=1S/C12H17NO.ClH/c1-12(2,3)11(14)5-4-10-6-8-13-9-7-10;/h4-9,11,14H,1-3H3;1H/b5-4+;. The zero-order chi connectivity index (χ0) is 10.6. The molecule has 0 amide bonds. The lowest BCUT2D eigenvalue weighted by Gasteiger charge is -2.22. The molecular formula is C12H18ClNO. The number of aromatic nitrogens is 1. The van der Waals surface area contributed by atoms with Crippen molar-refractivity contribution < 1.29 is 5.11 Å². The lowest BCUT2D eigenvalue weighted by atomic mass is 9.89.